The van der Waals surface area contributed by atoms with Crippen LogP contribution in [0.2, 0.25) is 0 Å². The van der Waals surface area contributed by atoms with E-state index in [1.807, 2.05) is 0 Å². The normalized spacial score (nSPS) is 15.4. The molecule has 28 heavy (non-hydrogen) atoms. The number of hydrogen-bond donors (Lipinski definition) is 2. The van der Waals surface area contributed by atoms with Crippen LogP contribution in [0.5, 0.6) is 0 Å². The smallest absolute Gasteiger partial charge is 0.220 e. The van der Waals surface area contributed by atoms with E-state index >= 15 is 0 Å². The molecule has 152 valence electrons. The number of hydrogen-bond acceptors (Lipinski definition) is 4. The summed E-state index contributed by atoms with van der Waals surface area (Å²) in [5.41, 5.74) is 0.147. The van der Waals surface area contributed by atoms with Crippen molar-refractivity contribution in [2.75, 3.05) is 13.1 Å². The van der Waals surface area contributed by atoms with Crippen molar-refractivity contribution >= 4 is 5.91 Å². The number of aromatic nitrogens is 1. The number of oxazole rings is 1. The molecule has 1 heterocycles. The molecule has 1 saturated carbocycles. The average molecular weight is 391 g/mol. The number of aryl methyl sites for hydroxylation is 1. The van der Waals surface area contributed by atoms with Crippen molar-refractivity contribution in [3.63, 3.8) is 0 Å². The van der Waals surface area contributed by atoms with Gasteiger partial charge in [-0.1, -0.05) is 25.7 Å². The molecule has 1 aliphatic rings. The quantitative estimate of drug-likeness (QED) is 0.528. The molecule has 0 bridgehead atoms. The average Bonchev–Trinajstić information content (AvgIpc) is 2.98. The summed E-state index contributed by atoms with van der Waals surface area (Å²) in [5.74, 6) is -0.853. The third-order valence-electron chi connectivity index (χ3n) is 5.05. The van der Waals surface area contributed by atoms with Crippen molar-refractivity contribution in [2.45, 2.75) is 57.4 Å². The van der Waals surface area contributed by atoms with E-state index in [2.05, 4.69) is 15.6 Å². The van der Waals surface area contributed by atoms with Gasteiger partial charge in [0, 0.05) is 38.0 Å². The number of rotatable bonds is 8. The molecule has 3 rings (SSSR count). The summed E-state index contributed by atoms with van der Waals surface area (Å²) >= 11 is 0. The summed E-state index contributed by atoms with van der Waals surface area (Å²) < 4.78 is 32.3. The summed E-state index contributed by atoms with van der Waals surface area (Å²) in [4.78, 5) is 16.1. The van der Waals surface area contributed by atoms with E-state index in [1.54, 1.807) is 0 Å². The maximum absolute atomic E-state index is 13.8. The van der Waals surface area contributed by atoms with E-state index in [1.165, 1.54) is 50.8 Å². The summed E-state index contributed by atoms with van der Waals surface area (Å²) in [6.07, 6.45) is 9.61. The third kappa shape index (κ3) is 6.12. The van der Waals surface area contributed by atoms with Crippen molar-refractivity contribution in [2.24, 2.45) is 0 Å². The Kier molecular flexibility index (Phi) is 7.54. The molecule has 0 aliphatic heterocycles. The Balaban J connectivity index is 1.37. The Bertz CT molecular complexity index is 771. The van der Waals surface area contributed by atoms with Gasteiger partial charge in [0.2, 0.25) is 5.91 Å². The summed E-state index contributed by atoms with van der Waals surface area (Å²) in [6.45, 7) is 1.36. The zero-order valence-corrected chi connectivity index (χ0v) is 16.0. The minimum Gasteiger partial charge on any atom is -0.441 e. The second-order valence-electron chi connectivity index (χ2n) is 7.23. The van der Waals surface area contributed by atoms with E-state index in [-0.39, 0.29) is 23.7 Å². The first kappa shape index (κ1) is 20.5. The molecule has 1 fully saturated rings. The van der Waals surface area contributed by atoms with Crippen LogP contribution in [0.15, 0.2) is 28.8 Å². The number of nitrogens with one attached hydrogen (secondary N) is 2. The molecule has 2 aromatic rings. The van der Waals surface area contributed by atoms with Gasteiger partial charge in [-0.3, -0.25) is 4.79 Å². The van der Waals surface area contributed by atoms with Crippen LogP contribution in [0, 0.1) is 11.6 Å². The summed E-state index contributed by atoms with van der Waals surface area (Å²) in [5, 5.41) is 6.40. The molecule has 5 nitrogen and oxygen atoms in total. The minimum atomic E-state index is -0.707. The van der Waals surface area contributed by atoms with Crippen LogP contribution >= 0.6 is 0 Å². The Labute approximate surface area is 163 Å². The van der Waals surface area contributed by atoms with Gasteiger partial charge < -0.3 is 15.1 Å². The van der Waals surface area contributed by atoms with Crippen molar-refractivity contribution in [3.8, 4) is 11.3 Å². The van der Waals surface area contributed by atoms with Gasteiger partial charge in [0.1, 0.15) is 11.6 Å². The largest absolute Gasteiger partial charge is 0.441 e. The fraction of sp³-hybridized carbons (Fsp3) is 0.524. The Hall–Kier alpha value is -2.28. The van der Waals surface area contributed by atoms with Crippen LogP contribution in [0.25, 0.3) is 11.3 Å². The van der Waals surface area contributed by atoms with Crippen molar-refractivity contribution in [3.05, 3.63) is 41.9 Å². The highest BCUT2D eigenvalue weighted by atomic mass is 19.1. The van der Waals surface area contributed by atoms with Crippen molar-refractivity contribution < 1.29 is 18.0 Å². The Morgan fingerprint density at radius 2 is 1.93 bits per heavy atom. The number of benzene rings is 1. The molecular formula is C21H27F2N3O2. The fourth-order valence-electron chi connectivity index (χ4n) is 3.51. The highest BCUT2D eigenvalue weighted by Crippen LogP contribution is 2.24. The third-order valence-corrected chi connectivity index (χ3v) is 5.05. The van der Waals surface area contributed by atoms with Crippen LogP contribution in [0.1, 0.15) is 50.8 Å². The molecule has 1 amide bonds. The summed E-state index contributed by atoms with van der Waals surface area (Å²) in [7, 11) is 0. The van der Waals surface area contributed by atoms with Crippen LogP contribution < -0.4 is 10.6 Å². The van der Waals surface area contributed by atoms with Gasteiger partial charge in [-0.05, 0) is 25.0 Å². The highest BCUT2D eigenvalue weighted by molar-refractivity contribution is 5.76. The lowest BCUT2D eigenvalue weighted by molar-refractivity contribution is -0.121. The van der Waals surface area contributed by atoms with Gasteiger partial charge >= 0.3 is 0 Å². The Morgan fingerprint density at radius 1 is 1.14 bits per heavy atom. The maximum Gasteiger partial charge on any atom is 0.220 e. The molecule has 0 atom stereocenters. The van der Waals surface area contributed by atoms with Gasteiger partial charge in [0.05, 0.1) is 11.8 Å². The van der Waals surface area contributed by atoms with Crippen LogP contribution in [0.4, 0.5) is 8.78 Å². The predicted molar refractivity (Wildman–Crippen MR) is 103 cm³/mol. The zero-order valence-electron chi connectivity index (χ0n) is 16.0. The topological polar surface area (TPSA) is 67.2 Å². The van der Waals surface area contributed by atoms with Gasteiger partial charge in [-0.15, -0.1) is 0 Å². The fourth-order valence-corrected chi connectivity index (χ4v) is 3.51. The summed E-state index contributed by atoms with van der Waals surface area (Å²) in [6, 6.07) is 3.84. The minimum absolute atomic E-state index is 0.0737. The van der Waals surface area contributed by atoms with Crippen molar-refractivity contribution in [1.82, 2.24) is 15.6 Å². The lowest BCUT2D eigenvalue weighted by atomic mass is 10.1. The number of amides is 1. The van der Waals surface area contributed by atoms with Gasteiger partial charge in [-0.2, -0.15) is 0 Å². The van der Waals surface area contributed by atoms with E-state index in [0.29, 0.717) is 24.9 Å². The maximum atomic E-state index is 13.8. The standard InChI is InChI=1S/C21H27F2N3O2/c22-15-7-8-17(18(23)13-15)19-14-26-21(28-19)10-9-20(27)25-12-11-24-16-5-3-1-2-4-6-16/h7-8,13-14,16,24H,1-6,9-12H2,(H,25,27). The number of halogens is 2. The SMILES string of the molecule is O=C(CCc1ncc(-c2ccc(F)cc2F)o1)NCCNC1CCCCCC1. The van der Waals surface area contributed by atoms with E-state index in [4.69, 9.17) is 4.42 Å². The van der Waals surface area contributed by atoms with Gasteiger partial charge in [0.25, 0.3) is 0 Å². The number of nitrogens with zero attached hydrogens (tertiary/aromatic N) is 1. The highest BCUT2D eigenvalue weighted by Gasteiger charge is 2.13. The lowest BCUT2D eigenvalue weighted by Crippen LogP contribution is -2.36. The first-order chi connectivity index (χ1) is 13.6. The van der Waals surface area contributed by atoms with Crippen molar-refractivity contribution in [1.29, 1.82) is 0 Å². The lowest BCUT2D eigenvalue weighted by Gasteiger charge is -2.16. The first-order valence-electron chi connectivity index (χ1n) is 10.0. The molecule has 1 aromatic carbocycles. The van der Waals surface area contributed by atoms with E-state index < -0.39 is 11.6 Å². The molecule has 7 heteroatoms. The van der Waals surface area contributed by atoms with Crippen LogP contribution in [0.3, 0.4) is 0 Å². The molecule has 1 aliphatic carbocycles. The monoisotopic (exact) mass is 391 g/mol. The molecule has 0 unspecified atom stereocenters. The van der Waals surface area contributed by atoms with Gasteiger partial charge in [-0.25, -0.2) is 13.8 Å². The van der Waals surface area contributed by atoms with Gasteiger partial charge in [0.15, 0.2) is 11.7 Å². The van der Waals surface area contributed by atoms with E-state index in [9.17, 15) is 13.6 Å². The second kappa shape index (κ2) is 10.3. The zero-order chi connectivity index (χ0) is 19.8. The molecule has 2 N–H and O–H groups in total. The van der Waals surface area contributed by atoms with Crippen LogP contribution in [-0.2, 0) is 11.2 Å². The first-order valence-corrected chi connectivity index (χ1v) is 10.0. The Morgan fingerprint density at radius 3 is 2.68 bits per heavy atom. The number of carbonyl (C=O) groups is 1. The van der Waals surface area contributed by atoms with E-state index in [0.717, 1.165) is 18.7 Å². The molecular weight excluding hydrogens is 364 g/mol. The predicted octanol–water partition coefficient (Wildman–Crippen LogP) is 3.98. The molecule has 0 spiro atoms. The molecule has 0 radical (unpaired) electrons. The molecule has 0 saturated heterocycles. The van der Waals surface area contributed by atoms with Crippen LogP contribution in [-0.4, -0.2) is 30.0 Å². The molecule has 1 aromatic heterocycles. The second-order valence-corrected chi connectivity index (χ2v) is 7.23. The number of carbonyl (C=O) groups excluding carboxylic acids is 1.